The first-order valence-electron chi connectivity index (χ1n) is 6.32. The molecule has 4 nitrogen and oxygen atoms in total. The molecule has 3 rings (SSSR count). The van der Waals surface area contributed by atoms with Crippen LogP contribution in [0.25, 0.3) is 11.1 Å². The van der Waals surface area contributed by atoms with E-state index < -0.39 is 10.8 Å². The third-order valence-electron chi connectivity index (χ3n) is 3.19. The predicted octanol–water partition coefficient (Wildman–Crippen LogP) is 3.17. The molecule has 0 saturated carbocycles. The van der Waals surface area contributed by atoms with E-state index in [4.69, 9.17) is 10.2 Å². The van der Waals surface area contributed by atoms with E-state index in [-0.39, 0.29) is 16.8 Å². The molecule has 0 aliphatic heterocycles. The minimum atomic E-state index is -1.48. The minimum absolute atomic E-state index is 0.124. The zero-order valence-corrected chi connectivity index (χ0v) is 12.1. The number of aryl methyl sites for hydroxylation is 1. The topological polar surface area (TPSA) is 69.1 Å². The van der Waals surface area contributed by atoms with Crippen molar-refractivity contribution in [1.82, 2.24) is 4.98 Å². The SMILES string of the molecule is Cc1ccc(F)cc1CS(=O)c1nc2ccc(N)cc2o1. The number of rotatable bonds is 3. The second kappa shape index (κ2) is 5.29. The Balaban J connectivity index is 1.91. The molecule has 1 unspecified atom stereocenters. The van der Waals surface area contributed by atoms with Crippen molar-refractivity contribution in [2.45, 2.75) is 17.9 Å². The summed E-state index contributed by atoms with van der Waals surface area (Å²) in [5.74, 6) is -0.191. The standard InChI is InChI=1S/C15H13FN2O2S/c1-9-2-3-11(16)6-10(9)8-21(19)15-18-13-5-4-12(17)7-14(13)20-15/h2-7H,8,17H2,1H3. The summed E-state index contributed by atoms with van der Waals surface area (Å²) in [6, 6.07) is 9.47. The maximum absolute atomic E-state index is 13.3. The fourth-order valence-electron chi connectivity index (χ4n) is 2.02. The van der Waals surface area contributed by atoms with Gasteiger partial charge in [-0.2, -0.15) is 0 Å². The molecule has 1 atom stereocenters. The highest BCUT2D eigenvalue weighted by atomic mass is 32.2. The van der Waals surface area contributed by atoms with E-state index >= 15 is 0 Å². The van der Waals surface area contributed by atoms with E-state index in [1.807, 2.05) is 6.92 Å². The summed E-state index contributed by atoms with van der Waals surface area (Å²) in [7, 11) is -1.48. The Bertz CT molecular complexity index is 845. The van der Waals surface area contributed by atoms with Gasteiger partial charge in [-0.05, 0) is 42.3 Å². The maximum Gasteiger partial charge on any atom is 0.288 e. The number of anilines is 1. The van der Waals surface area contributed by atoms with Crippen molar-refractivity contribution in [3.05, 3.63) is 53.3 Å². The summed E-state index contributed by atoms with van der Waals surface area (Å²) in [6.07, 6.45) is 0. The van der Waals surface area contributed by atoms with Gasteiger partial charge in [0.1, 0.15) is 22.1 Å². The van der Waals surface area contributed by atoms with Gasteiger partial charge in [0.15, 0.2) is 5.58 Å². The molecular weight excluding hydrogens is 291 g/mol. The summed E-state index contributed by atoms with van der Waals surface area (Å²) in [4.78, 5) is 4.19. The Hall–Kier alpha value is -2.21. The second-order valence-corrected chi connectivity index (χ2v) is 6.10. The number of fused-ring (bicyclic) bond motifs is 1. The van der Waals surface area contributed by atoms with Crippen molar-refractivity contribution in [2.75, 3.05) is 5.73 Å². The number of hydrogen-bond donors (Lipinski definition) is 1. The number of nitrogens with zero attached hydrogens (tertiary/aromatic N) is 1. The van der Waals surface area contributed by atoms with Crippen LogP contribution >= 0.6 is 0 Å². The van der Waals surface area contributed by atoms with Gasteiger partial charge in [-0.1, -0.05) is 6.07 Å². The van der Waals surface area contributed by atoms with Crippen LogP contribution in [0.3, 0.4) is 0 Å². The van der Waals surface area contributed by atoms with E-state index in [9.17, 15) is 8.60 Å². The molecule has 6 heteroatoms. The first-order chi connectivity index (χ1) is 10.0. The van der Waals surface area contributed by atoms with Gasteiger partial charge in [0.2, 0.25) is 0 Å². The van der Waals surface area contributed by atoms with Crippen molar-refractivity contribution >= 4 is 27.6 Å². The lowest BCUT2D eigenvalue weighted by Gasteiger charge is -2.03. The van der Waals surface area contributed by atoms with Crippen LogP contribution in [0.4, 0.5) is 10.1 Å². The Labute approximate surface area is 123 Å². The smallest absolute Gasteiger partial charge is 0.288 e. The molecule has 0 bridgehead atoms. The van der Waals surface area contributed by atoms with Gasteiger partial charge in [-0.25, -0.2) is 13.6 Å². The predicted molar refractivity (Wildman–Crippen MR) is 79.7 cm³/mol. The Morgan fingerprint density at radius 1 is 1.29 bits per heavy atom. The first kappa shape index (κ1) is 13.8. The van der Waals surface area contributed by atoms with E-state index in [0.717, 1.165) is 5.56 Å². The van der Waals surface area contributed by atoms with Crippen LogP contribution in [0.2, 0.25) is 0 Å². The number of oxazole rings is 1. The monoisotopic (exact) mass is 304 g/mol. The third kappa shape index (κ3) is 2.80. The molecule has 0 aliphatic rings. The molecule has 1 aromatic heterocycles. The number of hydrogen-bond acceptors (Lipinski definition) is 4. The van der Waals surface area contributed by atoms with Crippen molar-refractivity contribution < 1.29 is 13.0 Å². The molecule has 0 spiro atoms. The summed E-state index contributed by atoms with van der Waals surface area (Å²) < 4.78 is 31.1. The molecule has 3 aromatic rings. The maximum atomic E-state index is 13.3. The zero-order chi connectivity index (χ0) is 15.0. The van der Waals surface area contributed by atoms with Crippen molar-refractivity contribution in [2.24, 2.45) is 0 Å². The molecule has 1 heterocycles. The number of aromatic nitrogens is 1. The van der Waals surface area contributed by atoms with E-state index in [1.165, 1.54) is 12.1 Å². The second-order valence-electron chi connectivity index (χ2n) is 4.77. The zero-order valence-electron chi connectivity index (χ0n) is 11.3. The van der Waals surface area contributed by atoms with Crippen LogP contribution < -0.4 is 5.73 Å². The highest BCUT2D eigenvalue weighted by Crippen LogP contribution is 2.22. The van der Waals surface area contributed by atoms with Gasteiger partial charge in [-0.3, -0.25) is 0 Å². The molecule has 0 saturated heterocycles. The van der Waals surface area contributed by atoms with E-state index in [0.29, 0.717) is 22.4 Å². The van der Waals surface area contributed by atoms with E-state index in [2.05, 4.69) is 4.98 Å². The molecule has 0 amide bonds. The normalized spacial score (nSPS) is 12.7. The molecule has 0 aliphatic carbocycles. The number of nitrogens with two attached hydrogens (primary N) is 1. The van der Waals surface area contributed by atoms with Gasteiger partial charge in [0, 0.05) is 11.8 Å². The molecule has 0 fully saturated rings. The minimum Gasteiger partial charge on any atom is -0.430 e. The van der Waals surface area contributed by atoms with Crippen LogP contribution in [0.15, 0.2) is 46.0 Å². The highest BCUT2D eigenvalue weighted by molar-refractivity contribution is 7.84. The Morgan fingerprint density at radius 3 is 2.90 bits per heavy atom. The summed E-state index contributed by atoms with van der Waals surface area (Å²) in [5.41, 5.74) is 8.87. The van der Waals surface area contributed by atoms with Gasteiger partial charge in [-0.15, -0.1) is 0 Å². The molecule has 108 valence electrons. The van der Waals surface area contributed by atoms with Gasteiger partial charge in [0.05, 0.1) is 5.75 Å². The number of benzene rings is 2. The third-order valence-corrected chi connectivity index (χ3v) is 4.32. The Kier molecular flexibility index (Phi) is 3.47. The van der Waals surface area contributed by atoms with Gasteiger partial charge >= 0.3 is 0 Å². The van der Waals surface area contributed by atoms with Crippen LogP contribution in [-0.2, 0) is 16.6 Å². The number of nitrogen functional groups attached to an aromatic ring is 1. The summed E-state index contributed by atoms with van der Waals surface area (Å²) in [5, 5.41) is 0.124. The lowest BCUT2D eigenvalue weighted by Crippen LogP contribution is -1.99. The largest absolute Gasteiger partial charge is 0.430 e. The molecular formula is C15H13FN2O2S. The summed E-state index contributed by atoms with van der Waals surface area (Å²) in [6.45, 7) is 1.85. The van der Waals surface area contributed by atoms with Crippen LogP contribution in [0, 0.1) is 12.7 Å². The molecule has 21 heavy (non-hydrogen) atoms. The van der Waals surface area contributed by atoms with E-state index in [1.54, 1.807) is 24.3 Å². The fourth-order valence-corrected chi connectivity index (χ4v) is 3.12. The number of halogens is 1. The summed E-state index contributed by atoms with van der Waals surface area (Å²) >= 11 is 0. The Morgan fingerprint density at radius 2 is 2.10 bits per heavy atom. The highest BCUT2D eigenvalue weighted by Gasteiger charge is 2.15. The van der Waals surface area contributed by atoms with Crippen LogP contribution in [-0.4, -0.2) is 9.19 Å². The first-order valence-corrected chi connectivity index (χ1v) is 7.64. The van der Waals surface area contributed by atoms with Crippen LogP contribution in [0.5, 0.6) is 0 Å². The average Bonchev–Trinajstić information content (AvgIpc) is 2.86. The van der Waals surface area contributed by atoms with Gasteiger partial charge in [0.25, 0.3) is 5.22 Å². The van der Waals surface area contributed by atoms with Crippen molar-refractivity contribution in [3.8, 4) is 0 Å². The van der Waals surface area contributed by atoms with Crippen molar-refractivity contribution in [3.63, 3.8) is 0 Å². The van der Waals surface area contributed by atoms with Gasteiger partial charge < -0.3 is 10.2 Å². The molecule has 2 N–H and O–H groups in total. The quantitative estimate of drug-likeness (QED) is 0.755. The fraction of sp³-hybridized carbons (Fsp3) is 0.133. The lowest BCUT2D eigenvalue weighted by molar-refractivity contribution is 0.477. The van der Waals surface area contributed by atoms with Crippen LogP contribution in [0.1, 0.15) is 11.1 Å². The molecule has 2 aromatic carbocycles. The lowest BCUT2D eigenvalue weighted by atomic mass is 10.1. The van der Waals surface area contributed by atoms with Crippen molar-refractivity contribution in [1.29, 1.82) is 0 Å². The molecule has 0 radical (unpaired) electrons. The average molecular weight is 304 g/mol.